The van der Waals surface area contributed by atoms with Gasteiger partial charge in [-0.2, -0.15) is 0 Å². The minimum atomic E-state index is -4.37. The summed E-state index contributed by atoms with van der Waals surface area (Å²) in [7, 11) is 0. The number of allylic oxidation sites excluding steroid dienone is 4. The second kappa shape index (κ2) is 10.1. The molecule has 0 spiro atoms. The van der Waals surface area contributed by atoms with E-state index in [1.807, 2.05) is 0 Å². The molecule has 214 valence electrons. The van der Waals surface area contributed by atoms with E-state index in [4.69, 9.17) is 0 Å². The van der Waals surface area contributed by atoms with Gasteiger partial charge in [0.1, 0.15) is 0 Å². The molecule has 0 fully saturated rings. The molecule has 0 radical (unpaired) electrons. The van der Waals surface area contributed by atoms with Crippen molar-refractivity contribution in [2.75, 3.05) is 0 Å². The van der Waals surface area contributed by atoms with Crippen molar-refractivity contribution in [1.82, 2.24) is 0 Å². The van der Waals surface area contributed by atoms with Crippen molar-refractivity contribution in [1.29, 1.82) is 0 Å². The first-order valence-corrected chi connectivity index (χ1v) is 28.7. The van der Waals surface area contributed by atoms with E-state index in [2.05, 4.69) is 172 Å². The van der Waals surface area contributed by atoms with E-state index < -0.39 is 18.0 Å². The molecule has 4 aromatic carbocycles. The Bertz CT molecular complexity index is 1660. The average Bonchev–Trinajstić information content (AvgIpc) is 3.61. The molecule has 0 amide bonds. The molecule has 0 unspecified atom stereocenters. The SMILES string of the molecule is CC(C)(C)c1ccc2c(c1)-c1cc(C(C)(C)C)ccc1[CH]2[Hf]([CH3])([CH3])(=[C](c1ccccc1)c1ccccc1)[CH]1C=CC=C1. The van der Waals surface area contributed by atoms with Crippen molar-refractivity contribution >= 4 is 3.26 Å². The maximum absolute atomic E-state index is 4.37. The molecule has 1 heteroatoms. The second-order valence-corrected chi connectivity index (χ2v) is 40.6. The van der Waals surface area contributed by atoms with Gasteiger partial charge in [0, 0.05) is 0 Å². The van der Waals surface area contributed by atoms with Crippen molar-refractivity contribution < 1.29 is 18.0 Å². The van der Waals surface area contributed by atoms with Crippen LogP contribution < -0.4 is 0 Å². The van der Waals surface area contributed by atoms with E-state index >= 15 is 0 Å². The monoisotopic (exact) mass is 718 g/mol. The molecule has 0 saturated heterocycles. The molecule has 0 N–H and O–H groups in total. The Hall–Kier alpha value is -2.90. The van der Waals surface area contributed by atoms with Crippen LogP contribution in [-0.4, -0.2) is 3.26 Å². The average molecular weight is 717 g/mol. The first kappa shape index (κ1) is 29.2. The summed E-state index contributed by atoms with van der Waals surface area (Å²) in [4.78, 5) is 0. The second-order valence-electron chi connectivity index (χ2n) is 15.5. The van der Waals surface area contributed by atoms with Gasteiger partial charge in [-0.15, -0.1) is 0 Å². The fourth-order valence-corrected chi connectivity index (χ4v) is 33.1. The fourth-order valence-electron chi connectivity index (χ4n) is 7.95. The molecule has 42 heavy (non-hydrogen) atoms. The van der Waals surface area contributed by atoms with Gasteiger partial charge >= 0.3 is 256 Å². The van der Waals surface area contributed by atoms with E-state index in [0.29, 0.717) is 7.35 Å². The van der Waals surface area contributed by atoms with Crippen LogP contribution in [0, 0.1) is 0 Å². The summed E-state index contributed by atoms with van der Waals surface area (Å²) in [5.74, 6) is 0. The third-order valence-electron chi connectivity index (χ3n) is 10.3. The van der Waals surface area contributed by atoms with Crippen LogP contribution in [0.1, 0.15) is 78.6 Å². The van der Waals surface area contributed by atoms with Gasteiger partial charge in [0.15, 0.2) is 0 Å². The van der Waals surface area contributed by atoms with Crippen LogP contribution in [0.4, 0.5) is 0 Å². The van der Waals surface area contributed by atoms with Crippen molar-refractivity contribution in [3.8, 4) is 11.1 Å². The molecule has 0 aromatic heterocycles. The summed E-state index contributed by atoms with van der Waals surface area (Å²) < 4.78 is 7.92. The number of hydrogen-bond donors (Lipinski definition) is 0. The molecular weight excluding hydrogens is 671 g/mol. The third-order valence-corrected chi connectivity index (χ3v) is 35.4. The number of benzene rings is 4. The topological polar surface area (TPSA) is 0 Å². The zero-order valence-electron chi connectivity index (χ0n) is 26.7. The molecule has 4 aromatic rings. The molecule has 0 heterocycles. The standard InChI is InChI=1S/C21H25.C13H10.C5H5.2CH3.Hf/c1-20(2,3)16-9-7-14-11-15-8-10-17(21(4,5)6)13-19(15)18(14)12-16;1-3-7-12(8-4-1)11-13-9-5-2-6-10-13;1-2-4-5-3-1;;;/h7-13H,1-6H3;1-10H;1-5H;2*1H3;. The van der Waals surface area contributed by atoms with E-state index in [-0.39, 0.29) is 10.8 Å². The summed E-state index contributed by atoms with van der Waals surface area (Å²) in [6.45, 7) is 14.0. The van der Waals surface area contributed by atoms with Gasteiger partial charge in [-0.25, -0.2) is 0 Å². The summed E-state index contributed by atoms with van der Waals surface area (Å²) >= 11 is -4.37. The molecule has 6 rings (SSSR count). The first-order chi connectivity index (χ1) is 19.8. The zero-order valence-corrected chi connectivity index (χ0v) is 30.3. The minimum absolute atomic E-state index is 0.0917. The van der Waals surface area contributed by atoms with Gasteiger partial charge in [-0.05, 0) is 0 Å². The van der Waals surface area contributed by atoms with Crippen LogP contribution in [0.5, 0.6) is 0 Å². The molecule has 2 aliphatic rings. The van der Waals surface area contributed by atoms with E-state index in [0.717, 1.165) is 0 Å². The van der Waals surface area contributed by atoms with Crippen molar-refractivity contribution in [3.63, 3.8) is 0 Å². The summed E-state index contributed by atoms with van der Waals surface area (Å²) in [5, 5.41) is 0. The van der Waals surface area contributed by atoms with Gasteiger partial charge in [0.25, 0.3) is 0 Å². The van der Waals surface area contributed by atoms with E-state index in [1.165, 1.54) is 44.5 Å². The summed E-state index contributed by atoms with van der Waals surface area (Å²) in [5.41, 5.74) is 11.7. The van der Waals surface area contributed by atoms with Gasteiger partial charge in [0.2, 0.25) is 0 Å². The Balaban J connectivity index is 1.80. The Morgan fingerprint density at radius 3 is 1.33 bits per heavy atom. The molecule has 0 bridgehead atoms. The van der Waals surface area contributed by atoms with Crippen molar-refractivity contribution in [3.05, 3.63) is 155 Å². The summed E-state index contributed by atoms with van der Waals surface area (Å²) in [6, 6.07) is 37.5. The fraction of sp³-hybridized carbons (Fsp3) is 0.293. The Morgan fingerprint density at radius 2 is 0.952 bits per heavy atom. The van der Waals surface area contributed by atoms with Crippen molar-refractivity contribution in [2.45, 2.75) is 69.1 Å². The third kappa shape index (κ3) is 4.64. The van der Waals surface area contributed by atoms with Crippen LogP contribution in [0.2, 0.25) is 13.0 Å². The van der Waals surface area contributed by atoms with Crippen LogP contribution in [0.15, 0.2) is 121 Å². The van der Waals surface area contributed by atoms with E-state index in [1.54, 1.807) is 3.26 Å². The van der Waals surface area contributed by atoms with Crippen LogP contribution >= 0.6 is 0 Å². The normalized spacial score (nSPS) is 15.6. The molecule has 0 saturated carbocycles. The predicted octanol–water partition coefficient (Wildman–Crippen LogP) is 11.3. The quantitative estimate of drug-likeness (QED) is 0.184. The molecule has 0 nitrogen and oxygen atoms in total. The number of fused-ring (bicyclic) bond motifs is 3. The van der Waals surface area contributed by atoms with Gasteiger partial charge < -0.3 is 0 Å². The molecule has 0 aliphatic heterocycles. The van der Waals surface area contributed by atoms with Crippen molar-refractivity contribution in [2.24, 2.45) is 0 Å². The van der Waals surface area contributed by atoms with Crippen LogP contribution in [0.25, 0.3) is 11.1 Å². The molecule has 0 atom stereocenters. The van der Waals surface area contributed by atoms with Gasteiger partial charge in [-0.1, -0.05) is 0 Å². The van der Waals surface area contributed by atoms with Gasteiger partial charge in [0.05, 0.1) is 0 Å². The Kier molecular flexibility index (Phi) is 7.01. The predicted molar refractivity (Wildman–Crippen MR) is 181 cm³/mol. The molecule has 2 aliphatic carbocycles. The molecular formula is C41H46Hf. The van der Waals surface area contributed by atoms with E-state index in [9.17, 15) is 0 Å². The first-order valence-electron chi connectivity index (χ1n) is 15.6. The Morgan fingerprint density at radius 1 is 0.548 bits per heavy atom. The zero-order chi connectivity index (χ0) is 29.9. The maximum atomic E-state index is 2.76. The number of hydrogen-bond acceptors (Lipinski definition) is 0. The van der Waals surface area contributed by atoms with Gasteiger partial charge in [-0.3, -0.25) is 0 Å². The number of rotatable bonds is 4. The van der Waals surface area contributed by atoms with Crippen LogP contribution in [-0.2, 0) is 28.8 Å². The Labute approximate surface area is 254 Å². The summed E-state index contributed by atoms with van der Waals surface area (Å²) in [6.07, 6.45) is 9.63. The van der Waals surface area contributed by atoms with Crippen LogP contribution in [0.3, 0.4) is 0 Å².